The molecule has 0 rings (SSSR count). The number of aliphatic carboxylic acids is 1. The molecular weight excluding hydrogens is 1140 g/mol. The third kappa shape index (κ3) is 74.1. The quantitative estimate of drug-likeness (QED) is 0.0211. The average Bonchev–Trinajstić information content (AvgIpc) is 3.70. The number of hydrogen-bond acceptors (Lipinski definition) is 7. The third-order valence-corrected chi connectivity index (χ3v) is 17.7. The van der Waals surface area contributed by atoms with Gasteiger partial charge in [0, 0.05) is 12.8 Å². The maximum absolute atomic E-state index is 13.0. The predicted octanol–water partition coefficient (Wildman–Crippen LogP) is 25.2. The SMILES string of the molecule is CC/C=C\C/C=C\C/C=C\C/C=C\C/C=C\C/C=C\CCCCCCCCCCCCCCCCCCC(=O)OC(COC(=O)CCCCCCCCCCCCCCCCCCCCCCCCCCCCCCCCCC)COC(OCC[N+](C)(C)C)C(=O)O. The molecule has 0 aromatic rings. The zero-order valence-electron chi connectivity index (χ0n) is 61.5. The number of carbonyl (C=O) groups is 3. The molecule has 9 nitrogen and oxygen atoms in total. The molecule has 0 fully saturated rings. The maximum Gasteiger partial charge on any atom is 0.361 e. The van der Waals surface area contributed by atoms with Crippen LogP contribution in [0.2, 0.25) is 0 Å². The van der Waals surface area contributed by atoms with E-state index in [4.69, 9.17) is 18.9 Å². The summed E-state index contributed by atoms with van der Waals surface area (Å²) in [6, 6.07) is 0. The van der Waals surface area contributed by atoms with Crippen molar-refractivity contribution in [2.45, 2.75) is 392 Å². The second-order valence-electron chi connectivity index (χ2n) is 28.0. The van der Waals surface area contributed by atoms with Gasteiger partial charge in [-0.1, -0.05) is 376 Å². The van der Waals surface area contributed by atoms with Crippen molar-refractivity contribution in [3.05, 3.63) is 72.9 Å². The minimum Gasteiger partial charge on any atom is -0.477 e. The van der Waals surface area contributed by atoms with Crippen LogP contribution in [0.15, 0.2) is 72.9 Å². The summed E-state index contributed by atoms with van der Waals surface area (Å²) in [5.41, 5.74) is 0. The number of esters is 2. The first-order valence-corrected chi connectivity index (χ1v) is 39.6. The summed E-state index contributed by atoms with van der Waals surface area (Å²) in [7, 11) is 5.99. The number of ether oxygens (including phenoxy) is 4. The Morgan fingerprint density at radius 1 is 0.337 bits per heavy atom. The summed E-state index contributed by atoms with van der Waals surface area (Å²) in [6.07, 6.45) is 96.3. The Kier molecular flexibility index (Phi) is 70.9. The summed E-state index contributed by atoms with van der Waals surface area (Å²) in [5, 5.41) is 9.77. The molecule has 0 bridgehead atoms. The number of nitrogens with zero attached hydrogens (tertiary/aromatic N) is 1. The van der Waals surface area contributed by atoms with E-state index in [9.17, 15) is 19.5 Å². The molecule has 0 saturated heterocycles. The zero-order valence-corrected chi connectivity index (χ0v) is 61.5. The van der Waals surface area contributed by atoms with Crippen LogP contribution in [0.1, 0.15) is 380 Å². The summed E-state index contributed by atoms with van der Waals surface area (Å²) >= 11 is 0. The van der Waals surface area contributed by atoms with Gasteiger partial charge in [0.05, 0.1) is 34.4 Å². The smallest absolute Gasteiger partial charge is 0.361 e. The summed E-state index contributed by atoms with van der Waals surface area (Å²) in [4.78, 5) is 37.7. The van der Waals surface area contributed by atoms with Crippen LogP contribution in [0.5, 0.6) is 0 Å². The second-order valence-corrected chi connectivity index (χ2v) is 28.0. The van der Waals surface area contributed by atoms with Crippen LogP contribution in [0.4, 0.5) is 0 Å². The van der Waals surface area contributed by atoms with Crippen molar-refractivity contribution in [3.63, 3.8) is 0 Å². The van der Waals surface area contributed by atoms with Crippen molar-refractivity contribution in [2.75, 3.05) is 47.5 Å². The van der Waals surface area contributed by atoms with Gasteiger partial charge >= 0.3 is 17.9 Å². The standard InChI is InChI=1S/C83H151NO8/c1-6-8-10-12-14-16-18-20-22-24-26-28-30-32-34-36-38-40-41-42-44-46-48-50-52-54-56-58-60-62-64-66-68-70-72-74-81(86)92-79(78-91-83(82(87)88)89-76-75-84(3,4)5)77-90-80(85)73-71-69-67-65-63-61-59-57-55-53-51-49-47-45-43-39-37-35-33-31-29-27-25-23-21-19-17-15-13-11-9-7-2/h8,10,14,16,20,22,26,28,32,34,38,40,79,83H,6-7,9,11-13,15,17-19,21,23-25,27,29-31,33,35-37,39,41-78H2,1-5H3/p+1/b10-8-,16-14-,22-20-,28-26-,34-32-,40-38-. The fourth-order valence-corrected chi connectivity index (χ4v) is 11.7. The highest BCUT2D eigenvalue weighted by Crippen LogP contribution is 2.20. The van der Waals surface area contributed by atoms with Crippen LogP contribution in [0.25, 0.3) is 0 Å². The Labute approximate surface area is 570 Å². The number of carboxylic acids is 1. The Balaban J connectivity index is 4.01. The molecule has 0 aromatic heterocycles. The van der Waals surface area contributed by atoms with Crippen molar-refractivity contribution < 1.29 is 42.9 Å². The second kappa shape index (κ2) is 73.5. The first-order chi connectivity index (χ1) is 45.1. The number of hydrogen-bond donors (Lipinski definition) is 1. The van der Waals surface area contributed by atoms with Gasteiger partial charge in [-0.25, -0.2) is 4.79 Å². The zero-order chi connectivity index (χ0) is 66.8. The monoisotopic (exact) mass is 1290 g/mol. The normalized spacial score (nSPS) is 13.0. The molecule has 2 atom stereocenters. The number of rotatable bonds is 74. The molecule has 92 heavy (non-hydrogen) atoms. The van der Waals surface area contributed by atoms with E-state index in [0.717, 1.165) is 77.0 Å². The minimum absolute atomic E-state index is 0.178. The van der Waals surface area contributed by atoms with Gasteiger partial charge in [0.1, 0.15) is 13.2 Å². The predicted molar refractivity (Wildman–Crippen MR) is 396 cm³/mol. The minimum atomic E-state index is -1.51. The number of carbonyl (C=O) groups excluding carboxylic acids is 2. The maximum atomic E-state index is 13.0. The molecule has 0 amide bonds. The van der Waals surface area contributed by atoms with Crippen LogP contribution in [0, 0.1) is 0 Å². The summed E-state index contributed by atoms with van der Waals surface area (Å²) in [5.74, 6) is -1.98. The van der Waals surface area contributed by atoms with Crippen LogP contribution in [-0.2, 0) is 33.3 Å². The Hall–Kier alpha value is -3.27. The fourth-order valence-electron chi connectivity index (χ4n) is 11.7. The van der Waals surface area contributed by atoms with Crippen LogP contribution in [0.3, 0.4) is 0 Å². The molecule has 2 unspecified atom stereocenters. The molecule has 536 valence electrons. The number of quaternary nitrogens is 1. The average molecular weight is 1290 g/mol. The van der Waals surface area contributed by atoms with E-state index in [0.29, 0.717) is 17.4 Å². The lowest BCUT2D eigenvalue weighted by molar-refractivity contribution is -0.870. The first-order valence-electron chi connectivity index (χ1n) is 39.6. The number of likely N-dealkylation sites (N-methyl/N-ethyl adjacent to an activating group) is 1. The molecule has 0 spiro atoms. The summed E-state index contributed by atoms with van der Waals surface area (Å²) in [6.45, 7) is 4.83. The van der Waals surface area contributed by atoms with Gasteiger partial charge in [-0.15, -0.1) is 0 Å². The molecule has 0 aliphatic carbocycles. The number of allylic oxidation sites excluding steroid dienone is 12. The topological polar surface area (TPSA) is 108 Å². The molecule has 0 radical (unpaired) electrons. The van der Waals surface area contributed by atoms with E-state index in [-0.39, 0.29) is 38.2 Å². The van der Waals surface area contributed by atoms with Crippen LogP contribution < -0.4 is 0 Å². The molecule has 0 aromatic carbocycles. The Morgan fingerprint density at radius 2 is 0.620 bits per heavy atom. The van der Waals surface area contributed by atoms with Gasteiger partial charge in [-0.3, -0.25) is 9.59 Å². The van der Waals surface area contributed by atoms with Gasteiger partial charge < -0.3 is 28.5 Å². The van der Waals surface area contributed by atoms with E-state index in [1.807, 2.05) is 21.1 Å². The lowest BCUT2D eigenvalue weighted by Crippen LogP contribution is -2.40. The van der Waals surface area contributed by atoms with E-state index in [2.05, 4.69) is 86.8 Å². The Bertz CT molecular complexity index is 1740. The van der Waals surface area contributed by atoms with E-state index < -0.39 is 18.4 Å². The van der Waals surface area contributed by atoms with Gasteiger partial charge in [0.2, 0.25) is 0 Å². The lowest BCUT2D eigenvalue weighted by Gasteiger charge is -2.25. The van der Waals surface area contributed by atoms with Gasteiger partial charge in [-0.2, -0.15) is 0 Å². The lowest BCUT2D eigenvalue weighted by atomic mass is 10.0. The number of unbranched alkanes of at least 4 members (excludes halogenated alkanes) is 47. The largest absolute Gasteiger partial charge is 0.477 e. The highest BCUT2D eigenvalue weighted by atomic mass is 16.7. The molecule has 0 heterocycles. The number of carboxylic acid groups (broad SMARTS) is 1. The highest BCUT2D eigenvalue weighted by molar-refractivity contribution is 5.71. The van der Waals surface area contributed by atoms with Crippen LogP contribution >= 0.6 is 0 Å². The van der Waals surface area contributed by atoms with Gasteiger partial charge in [-0.05, 0) is 64.2 Å². The van der Waals surface area contributed by atoms with Crippen molar-refractivity contribution in [1.29, 1.82) is 0 Å². The van der Waals surface area contributed by atoms with E-state index in [1.54, 1.807) is 0 Å². The van der Waals surface area contributed by atoms with E-state index in [1.165, 1.54) is 276 Å². The van der Waals surface area contributed by atoms with Crippen molar-refractivity contribution in [1.82, 2.24) is 0 Å². The molecule has 9 heteroatoms. The van der Waals surface area contributed by atoms with Crippen LogP contribution in [-0.4, -0.2) is 87.4 Å². The van der Waals surface area contributed by atoms with E-state index >= 15 is 0 Å². The third-order valence-electron chi connectivity index (χ3n) is 17.7. The van der Waals surface area contributed by atoms with Crippen molar-refractivity contribution in [3.8, 4) is 0 Å². The van der Waals surface area contributed by atoms with Crippen molar-refractivity contribution >= 4 is 17.9 Å². The molecular formula is C83H152NO8+. The molecule has 0 aliphatic rings. The van der Waals surface area contributed by atoms with Crippen molar-refractivity contribution in [2.24, 2.45) is 0 Å². The molecule has 1 N–H and O–H groups in total. The molecule has 0 saturated carbocycles. The highest BCUT2D eigenvalue weighted by Gasteiger charge is 2.25. The van der Waals surface area contributed by atoms with Gasteiger partial charge in [0.25, 0.3) is 6.29 Å². The first kappa shape index (κ1) is 88.7. The molecule has 0 aliphatic heterocycles. The van der Waals surface area contributed by atoms with Gasteiger partial charge in [0.15, 0.2) is 6.10 Å². The fraction of sp³-hybridized carbons (Fsp3) is 0.819. The summed E-state index contributed by atoms with van der Waals surface area (Å²) < 4.78 is 23.1. The Morgan fingerprint density at radius 3 is 0.924 bits per heavy atom.